The van der Waals surface area contributed by atoms with Crippen molar-refractivity contribution in [1.82, 2.24) is 14.8 Å². The zero-order chi connectivity index (χ0) is 27.2. The van der Waals surface area contributed by atoms with Gasteiger partial charge < -0.3 is 14.5 Å². The zero-order valence-corrected chi connectivity index (χ0v) is 21.8. The lowest BCUT2D eigenvalue weighted by Gasteiger charge is -2.43. The van der Waals surface area contributed by atoms with E-state index < -0.39 is 30.6 Å². The van der Waals surface area contributed by atoms with Crippen LogP contribution in [0.1, 0.15) is 36.1 Å². The Morgan fingerprint density at radius 3 is 2.71 bits per heavy atom. The second kappa shape index (κ2) is 10.4. The van der Waals surface area contributed by atoms with Gasteiger partial charge in [0, 0.05) is 48.6 Å². The Morgan fingerprint density at radius 1 is 1.26 bits per heavy atom. The quantitative estimate of drug-likeness (QED) is 0.375. The molecule has 2 aliphatic rings. The topological polar surface area (TPSA) is 73.7 Å². The molecular formula is C26H29ClF4N4O3. The summed E-state index contributed by atoms with van der Waals surface area (Å²) in [5, 5.41) is 3.65. The van der Waals surface area contributed by atoms with Crippen molar-refractivity contribution in [2.45, 2.75) is 44.1 Å². The highest BCUT2D eigenvalue weighted by molar-refractivity contribution is 6.32. The lowest BCUT2D eigenvalue weighted by atomic mass is 9.84. The van der Waals surface area contributed by atoms with Gasteiger partial charge in [-0.05, 0) is 37.5 Å². The summed E-state index contributed by atoms with van der Waals surface area (Å²) in [5.41, 5.74) is 3.16. The molecule has 12 heteroatoms. The average Bonchev–Trinajstić information content (AvgIpc) is 3.21. The van der Waals surface area contributed by atoms with Crippen LogP contribution >= 0.6 is 11.6 Å². The first kappa shape index (κ1) is 26.8. The molecule has 206 valence electrons. The number of nitrogens with one attached hydrogen (secondary N) is 2. The largest absolute Gasteiger partial charge is 0.496 e. The standard InChI is InChI=1S/C26H29ClF4N4O3/c1-14-8-18-17(4-5-20-24(18)38-25(36)33-20)23(35(14)13-26(29,30)31)22-19(27)9-15(10-21(22)37-2)32-16-11-34(12-16)7-3-6-28/h4-5,9-10,14,16,23,32H,3,6-8,11-13H2,1-2H3,(H,33,36)/t14-,23+/m1/s1. The van der Waals surface area contributed by atoms with Crippen molar-refractivity contribution < 1.29 is 26.7 Å². The molecule has 2 N–H and O–H groups in total. The highest BCUT2D eigenvalue weighted by Gasteiger charge is 2.43. The van der Waals surface area contributed by atoms with Gasteiger partial charge in [-0.1, -0.05) is 17.7 Å². The van der Waals surface area contributed by atoms with Crippen LogP contribution in [0.3, 0.4) is 0 Å². The molecule has 5 rings (SSSR count). The van der Waals surface area contributed by atoms with E-state index in [1.54, 1.807) is 31.2 Å². The Bertz CT molecular complexity index is 1370. The molecular weight excluding hydrogens is 528 g/mol. The highest BCUT2D eigenvalue weighted by Crippen LogP contribution is 2.47. The lowest BCUT2D eigenvalue weighted by Crippen LogP contribution is -2.54. The molecule has 3 aromatic rings. The van der Waals surface area contributed by atoms with Crippen molar-refractivity contribution in [2.75, 3.05) is 45.3 Å². The van der Waals surface area contributed by atoms with Gasteiger partial charge in [0.05, 0.1) is 43.0 Å². The van der Waals surface area contributed by atoms with Gasteiger partial charge in [-0.2, -0.15) is 13.2 Å². The third-order valence-corrected chi connectivity index (χ3v) is 7.62. The predicted octanol–water partition coefficient (Wildman–Crippen LogP) is 5.14. The summed E-state index contributed by atoms with van der Waals surface area (Å²) in [6, 6.07) is 5.50. The van der Waals surface area contributed by atoms with E-state index in [9.17, 15) is 22.4 Å². The summed E-state index contributed by atoms with van der Waals surface area (Å²) in [5.74, 6) is -0.276. The van der Waals surface area contributed by atoms with Crippen molar-refractivity contribution >= 4 is 28.4 Å². The number of oxazole rings is 1. The summed E-state index contributed by atoms with van der Waals surface area (Å²) < 4.78 is 64.8. The van der Waals surface area contributed by atoms with Crippen molar-refractivity contribution in [3.8, 4) is 5.75 Å². The molecule has 0 saturated carbocycles. The molecule has 0 unspecified atom stereocenters. The average molecular weight is 557 g/mol. The minimum absolute atomic E-state index is 0.142. The van der Waals surface area contributed by atoms with Gasteiger partial charge in [0.25, 0.3) is 0 Å². The highest BCUT2D eigenvalue weighted by atomic mass is 35.5. The maximum atomic E-state index is 13.8. The molecule has 0 radical (unpaired) electrons. The van der Waals surface area contributed by atoms with Gasteiger partial charge in [-0.3, -0.25) is 19.2 Å². The summed E-state index contributed by atoms with van der Waals surface area (Å²) >= 11 is 6.80. The number of benzene rings is 2. The molecule has 1 aromatic heterocycles. The number of likely N-dealkylation sites (tertiary alicyclic amines) is 1. The first-order valence-electron chi connectivity index (χ1n) is 12.5. The molecule has 2 aromatic carbocycles. The van der Waals surface area contributed by atoms with Gasteiger partial charge in [0.1, 0.15) is 5.75 Å². The lowest BCUT2D eigenvalue weighted by molar-refractivity contribution is -0.155. The Kier molecular flexibility index (Phi) is 7.36. The fourth-order valence-electron chi connectivity index (χ4n) is 5.65. The van der Waals surface area contributed by atoms with E-state index in [0.29, 0.717) is 52.2 Å². The molecule has 1 saturated heterocycles. The fourth-order valence-corrected chi connectivity index (χ4v) is 5.96. The fraction of sp³-hybridized carbons (Fsp3) is 0.500. The molecule has 0 amide bonds. The van der Waals surface area contributed by atoms with E-state index in [1.165, 1.54) is 12.0 Å². The summed E-state index contributed by atoms with van der Waals surface area (Å²) in [6.45, 7) is 2.43. The Morgan fingerprint density at radius 2 is 2.03 bits per heavy atom. The van der Waals surface area contributed by atoms with E-state index in [0.717, 1.165) is 13.1 Å². The third-order valence-electron chi connectivity index (χ3n) is 7.30. The van der Waals surface area contributed by atoms with Crippen LogP contribution < -0.4 is 15.8 Å². The zero-order valence-electron chi connectivity index (χ0n) is 21.0. The number of fused-ring (bicyclic) bond motifs is 3. The number of nitrogens with zero attached hydrogens (tertiary/aromatic N) is 2. The van der Waals surface area contributed by atoms with Crippen LogP contribution in [0, 0.1) is 0 Å². The molecule has 3 heterocycles. The van der Waals surface area contributed by atoms with E-state index in [2.05, 4.69) is 15.2 Å². The van der Waals surface area contributed by atoms with Crippen LogP contribution in [-0.4, -0.2) is 73.0 Å². The first-order valence-corrected chi connectivity index (χ1v) is 12.8. The first-order chi connectivity index (χ1) is 18.1. The second-order valence-electron chi connectivity index (χ2n) is 9.99. The van der Waals surface area contributed by atoms with Crippen LogP contribution in [0.15, 0.2) is 33.5 Å². The number of hydrogen-bond donors (Lipinski definition) is 2. The molecule has 2 aliphatic heterocycles. The maximum absolute atomic E-state index is 13.8. The summed E-state index contributed by atoms with van der Waals surface area (Å²) in [6.07, 6.45) is -3.69. The monoisotopic (exact) mass is 556 g/mol. The van der Waals surface area contributed by atoms with E-state index >= 15 is 0 Å². The number of alkyl halides is 4. The second-order valence-corrected chi connectivity index (χ2v) is 10.4. The van der Waals surface area contributed by atoms with Gasteiger partial charge in [-0.15, -0.1) is 0 Å². The van der Waals surface area contributed by atoms with Crippen molar-refractivity contribution in [2.24, 2.45) is 0 Å². The third kappa shape index (κ3) is 5.23. The number of H-pyrrole nitrogens is 1. The summed E-state index contributed by atoms with van der Waals surface area (Å²) in [7, 11) is 1.46. The molecule has 0 spiro atoms. The van der Waals surface area contributed by atoms with Crippen LogP contribution in [0.5, 0.6) is 5.75 Å². The minimum atomic E-state index is -4.45. The number of hydrogen-bond acceptors (Lipinski definition) is 6. The van der Waals surface area contributed by atoms with Gasteiger partial charge in [-0.25, -0.2) is 4.79 Å². The number of rotatable bonds is 8. The summed E-state index contributed by atoms with van der Waals surface area (Å²) in [4.78, 5) is 18.0. The predicted molar refractivity (Wildman–Crippen MR) is 137 cm³/mol. The molecule has 0 aliphatic carbocycles. The van der Waals surface area contributed by atoms with Gasteiger partial charge in [0.15, 0.2) is 5.58 Å². The smallest absolute Gasteiger partial charge is 0.417 e. The number of anilines is 1. The molecule has 0 bridgehead atoms. The normalized spacial score (nSPS) is 20.9. The van der Waals surface area contributed by atoms with Crippen molar-refractivity contribution in [3.63, 3.8) is 0 Å². The Labute approximate surface area is 221 Å². The van der Waals surface area contributed by atoms with Crippen LogP contribution in [-0.2, 0) is 6.42 Å². The number of ether oxygens (including phenoxy) is 1. The van der Waals surface area contributed by atoms with E-state index in [1.807, 2.05) is 0 Å². The SMILES string of the molecule is COc1cc(NC2CN(CCCF)C2)cc(Cl)c1[C@@H]1c2ccc3[nH]c(=O)oc3c2C[C@@H](C)N1CC(F)(F)F. The Balaban J connectivity index is 1.55. The van der Waals surface area contributed by atoms with Gasteiger partial charge in [0.2, 0.25) is 0 Å². The molecule has 1 fully saturated rings. The molecule has 7 nitrogen and oxygen atoms in total. The van der Waals surface area contributed by atoms with E-state index in [4.69, 9.17) is 20.8 Å². The molecule has 2 atom stereocenters. The Hall–Kier alpha value is -2.76. The number of aromatic amines is 1. The van der Waals surface area contributed by atoms with Crippen LogP contribution in [0.25, 0.3) is 11.1 Å². The molecule has 38 heavy (non-hydrogen) atoms. The number of halogens is 5. The van der Waals surface area contributed by atoms with Crippen molar-refractivity contribution in [1.29, 1.82) is 0 Å². The van der Waals surface area contributed by atoms with Crippen molar-refractivity contribution in [3.05, 3.63) is 56.5 Å². The van der Waals surface area contributed by atoms with Crippen LogP contribution in [0.4, 0.5) is 23.2 Å². The maximum Gasteiger partial charge on any atom is 0.417 e. The number of methoxy groups -OCH3 is 1. The van der Waals surface area contributed by atoms with Crippen LogP contribution in [0.2, 0.25) is 5.02 Å². The van der Waals surface area contributed by atoms with Gasteiger partial charge >= 0.3 is 11.9 Å². The number of aromatic nitrogens is 1. The minimum Gasteiger partial charge on any atom is -0.496 e. The van der Waals surface area contributed by atoms with E-state index in [-0.39, 0.29) is 24.2 Å².